The van der Waals surface area contributed by atoms with Crippen LogP contribution in [-0.2, 0) is 14.8 Å². The molecule has 0 saturated carbocycles. The van der Waals surface area contributed by atoms with Crippen LogP contribution in [-0.4, -0.2) is 60.7 Å². The Morgan fingerprint density at radius 2 is 1.70 bits per heavy atom. The second-order valence-corrected chi connectivity index (χ2v) is 11.6. The number of benzene rings is 1. The number of sulfonamides is 1. The summed E-state index contributed by atoms with van der Waals surface area (Å²) >= 11 is 0. The summed E-state index contributed by atoms with van der Waals surface area (Å²) in [5.41, 5.74) is -0.603. The van der Waals surface area contributed by atoms with Crippen LogP contribution >= 0.6 is 0 Å². The fourth-order valence-electron chi connectivity index (χ4n) is 5.17. The molecule has 2 saturated heterocycles. The highest BCUT2D eigenvalue weighted by Crippen LogP contribution is 2.42. The molecule has 33 heavy (non-hydrogen) atoms. The molecule has 1 aromatic rings. The number of hydrogen-bond acceptors (Lipinski definition) is 6. The summed E-state index contributed by atoms with van der Waals surface area (Å²) in [6.07, 6.45) is 3.58. The first-order valence-corrected chi connectivity index (χ1v) is 13.4. The first-order valence-electron chi connectivity index (χ1n) is 12.0. The number of rotatable bonds is 7. The van der Waals surface area contributed by atoms with Crippen molar-refractivity contribution >= 4 is 21.6 Å². The van der Waals surface area contributed by atoms with Crippen molar-refractivity contribution in [2.24, 2.45) is 5.92 Å². The number of nitrogens with zero attached hydrogens (tertiary/aromatic N) is 2. The predicted octanol–water partition coefficient (Wildman–Crippen LogP) is 3.97. The molecule has 3 aliphatic rings. The SMILES string of the molecule is CCC1COC(C)(CCC(C)C)N1S(=O)(=O)C1=C(N2CCCC2)C(=O)c2ccccc2C1=O. The highest BCUT2D eigenvalue weighted by Gasteiger charge is 2.54. The molecule has 0 radical (unpaired) electrons. The average Bonchev–Trinajstić information content (AvgIpc) is 3.43. The summed E-state index contributed by atoms with van der Waals surface area (Å²) in [5.74, 6) is -0.609. The van der Waals surface area contributed by atoms with Crippen molar-refractivity contribution < 1.29 is 22.7 Å². The minimum absolute atomic E-state index is 0.0316. The highest BCUT2D eigenvalue weighted by molar-refractivity contribution is 7.94. The zero-order chi connectivity index (χ0) is 24.0. The molecule has 180 valence electrons. The molecule has 0 bridgehead atoms. The number of likely N-dealkylation sites (tertiary alicyclic amines) is 1. The number of carbonyl (C=O) groups excluding carboxylic acids is 2. The molecule has 1 aliphatic carbocycles. The van der Waals surface area contributed by atoms with Crippen molar-refractivity contribution in [2.45, 2.75) is 71.6 Å². The standard InChI is InChI=1S/C25H34N2O5S/c1-5-18-16-32-25(4,13-12-17(2)3)27(18)33(30,31)24-21(26-14-8-9-15-26)22(28)19-10-6-7-11-20(19)23(24)29/h6-7,10-11,17-18H,5,8-9,12-16H2,1-4H3. The molecule has 0 amide bonds. The van der Waals surface area contributed by atoms with Gasteiger partial charge in [-0.25, -0.2) is 8.42 Å². The smallest absolute Gasteiger partial charge is 0.251 e. The molecule has 8 heteroatoms. The molecule has 0 spiro atoms. The maximum absolute atomic E-state index is 14.3. The minimum atomic E-state index is -4.31. The second-order valence-electron chi connectivity index (χ2n) is 9.86. The number of ether oxygens (including phenoxy) is 1. The van der Waals surface area contributed by atoms with Crippen molar-refractivity contribution in [1.82, 2.24) is 9.21 Å². The Hall–Kier alpha value is -2.03. The van der Waals surface area contributed by atoms with Crippen LogP contribution in [0.2, 0.25) is 0 Å². The van der Waals surface area contributed by atoms with Crippen LogP contribution in [0.15, 0.2) is 34.9 Å². The molecule has 0 aromatic heterocycles. The van der Waals surface area contributed by atoms with E-state index >= 15 is 0 Å². The van der Waals surface area contributed by atoms with Crippen LogP contribution in [0.1, 0.15) is 80.5 Å². The first kappa shape index (κ1) is 24.1. The molecule has 0 N–H and O–H groups in total. The van der Waals surface area contributed by atoms with E-state index in [9.17, 15) is 18.0 Å². The molecule has 2 heterocycles. The van der Waals surface area contributed by atoms with Crippen molar-refractivity contribution in [2.75, 3.05) is 19.7 Å². The minimum Gasteiger partial charge on any atom is -0.367 e. The topological polar surface area (TPSA) is 84.0 Å². The lowest BCUT2D eigenvalue weighted by molar-refractivity contribution is -0.0430. The number of fused-ring (bicyclic) bond motifs is 1. The van der Waals surface area contributed by atoms with Gasteiger partial charge < -0.3 is 9.64 Å². The van der Waals surface area contributed by atoms with Gasteiger partial charge in [0.2, 0.25) is 11.6 Å². The van der Waals surface area contributed by atoms with Gasteiger partial charge in [-0.3, -0.25) is 9.59 Å². The Morgan fingerprint density at radius 3 is 2.27 bits per heavy atom. The summed E-state index contributed by atoms with van der Waals surface area (Å²) < 4.78 is 36.2. The first-order chi connectivity index (χ1) is 15.6. The predicted molar refractivity (Wildman–Crippen MR) is 126 cm³/mol. The lowest BCUT2D eigenvalue weighted by Gasteiger charge is -2.37. The van der Waals surface area contributed by atoms with Crippen LogP contribution in [0.4, 0.5) is 0 Å². The summed E-state index contributed by atoms with van der Waals surface area (Å²) in [6, 6.07) is 6.13. The van der Waals surface area contributed by atoms with E-state index in [1.807, 2.05) is 6.92 Å². The quantitative estimate of drug-likeness (QED) is 0.595. The van der Waals surface area contributed by atoms with Crippen molar-refractivity contribution in [1.29, 1.82) is 0 Å². The van der Waals surface area contributed by atoms with Gasteiger partial charge in [-0.15, -0.1) is 0 Å². The molecule has 7 nitrogen and oxygen atoms in total. The van der Waals surface area contributed by atoms with E-state index < -0.39 is 21.5 Å². The third kappa shape index (κ3) is 4.06. The van der Waals surface area contributed by atoms with Gasteiger partial charge in [-0.05, 0) is 44.9 Å². The molecule has 2 atom stereocenters. The van der Waals surface area contributed by atoms with Crippen molar-refractivity contribution in [3.8, 4) is 0 Å². The Bertz CT molecular complexity index is 1090. The lowest BCUT2D eigenvalue weighted by Crippen LogP contribution is -2.52. The second kappa shape index (κ2) is 8.96. The van der Waals surface area contributed by atoms with Crippen LogP contribution < -0.4 is 0 Å². The van der Waals surface area contributed by atoms with Gasteiger partial charge in [0.05, 0.1) is 12.6 Å². The Labute approximate surface area is 196 Å². The van der Waals surface area contributed by atoms with Crippen LogP contribution in [0.3, 0.4) is 0 Å². The molecule has 2 unspecified atom stereocenters. The van der Waals surface area contributed by atoms with Gasteiger partial charge in [0.15, 0.2) is 4.91 Å². The van der Waals surface area contributed by atoms with Crippen LogP contribution in [0.5, 0.6) is 0 Å². The third-order valence-corrected chi connectivity index (χ3v) is 9.13. The Kier molecular flexibility index (Phi) is 6.55. The van der Waals surface area contributed by atoms with Gasteiger partial charge in [0.25, 0.3) is 10.0 Å². The van der Waals surface area contributed by atoms with E-state index in [0.717, 1.165) is 19.3 Å². The van der Waals surface area contributed by atoms with Gasteiger partial charge in [-0.2, -0.15) is 4.31 Å². The molecular formula is C25H34N2O5S. The molecule has 1 aromatic carbocycles. The summed E-state index contributed by atoms with van der Waals surface area (Å²) in [5, 5.41) is 0. The number of allylic oxidation sites excluding steroid dienone is 2. The zero-order valence-corrected chi connectivity index (χ0v) is 20.8. The number of hydrogen-bond donors (Lipinski definition) is 0. The largest absolute Gasteiger partial charge is 0.367 e. The van der Waals surface area contributed by atoms with E-state index in [-0.39, 0.29) is 40.2 Å². The van der Waals surface area contributed by atoms with E-state index in [0.29, 0.717) is 31.8 Å². The highest BCUT2D eigenvalue weighted by atomic mass is 32.2. The van der Waals surface area contributed by atoms with Gasteiger partial charge >= 0.3 is 0 Å². The van der Waals surface area contributed by atoms with Gasteiger partial charge in [0, 0.05) is 24.2 Å². The summed E-state index contributed by atoms with van der Waals surface area (Å²) in [4.78, 5) is 28.7. The fourth-order valence-corrected chi connectivity index (χ4v) is 7.43. The van der Waals surface area contributed by atoms with Crippen molar-refractivity contribution in [3.63, 3.8) is 0 Å². The molecular weight excluding hydrogens is 440 g/mol. The van der Waals surface area contributed by atoms with Gasteiger partial charge in [-0.1, -0.05) is 45.0 Å². The van der Waals surface area contributed by atoms with Crippen LogP contribution in [0.25, 0.3) is 0 Å². The lowest BCUT2D eigenvalue weighted by atomic mass is 9.92. The van der Waals surface area contributed by atoms with E-state index in [1.165, 1.54) is 4.31 Å². The number of Topliss-reactive ketones (excluding diaryl/α,β-unsaturated/α-hetero) is 2. The van der Waals surface area contributed by atoms with Crippen LogP contribution in [0, 0.1) is 5.92 Å². The van der Waals surface area contributed by atoms with E-state index in [2.05, 4.69) is 13.8 Å². The fraction of sp³-hybridized carbons (Fsp3) is 0.600. The summed E-state index contributed by atoms with van der Waals surface area (Å²) in [7, 11) is -4.31. The number of ketones is 2. The van der Waals surface area contributed by atoms with Gasteiger partial charge in [0.1, 0.15) is 11.4 Å². The Morgan fingerprint density at radius 1 is 1.09 bits per heavy atom. The maximum atomic E-state index is 14.3. The van der Waals surface area contributed by atoms with Crippen molar-refractivity contribution in [3.05, 3.63) is 46.0 Å². The third-order valence-electron chi connectivity index (χ3n) is 7.03. The molecule has 2 fully saturated rings. The average molecular weight is 475 g/mol. The number of carbonyl (C=O) groups is 2. The van der Waals surface area contributed by atoms with E-state index in [4.69, 9.17) is 4.74 Å². The monoisotopic (exact) mass is 474 g/mol. The van der Waals surface area contributed by atoms with E-state index in [1.54, 1.807) is 36.1 Å². The molecule has 2 aliphatic heterocycles. The summed E-state index contributed by atoms with van der Waals surface area (Å²) in [6.45, 7) is 9.29. The zero-order valence-electron chi connectivity index (χ0n) is 20.0. The Balaban J connectivity index is 1.89. The normalized spacial score (nSPS) is 26.6. The molecule has 4 rings (SSSR count). The maximum Gasteiger partial charge on any atom is 0.251 e.